The lowest BCUT2D eigenvalue weighted by molar-refractivity contribution is -0.149. The number of likely N-dealkylation sites (tertiary alicyclic amines) is 1. The second-order valence-corrected chi connectivity index (χ2v) is 8.52. The van der Waals surface area contributed by atoms with Crippen LogP contribution in [0.4, 0.5) is 0 Å². The Bertz CT molecular complexity index is 706. The summed E-state index contributed by atoms with van der Waals surface area (Å²) >= 11 is 0. The van der Waals surface area contributed by atoms with E-state index in [1.54, 1.807) is 0 Å². The molecule has 0 bridgehead atoms. The Labute approximate surface area is 188 Å². The molecule has 12 heteroatoms. The van der Waals surface area contributed by atoms with Crippen LogP contribution >= 0.6 is 0 Å². The van der Waals surface area contributed by atoms with E-state index in [4.69, 9.17) is 17.2 Å². The predicted molar refractivity (Wildman–Crippen MR) is 119 cm³/mol. The zero-order chi connectivity index (χ0) is 24.4. The number of carboxylic acid groups (broad SMARTS) is 1. The van der Waals surface area contributed by atoms with Gasteiger partial charge in [-0.15, -0.1) is 0 Å². The number of aliphatic imine (C=N–C) groups is 1. The van der Waals surface area contributed by atoms with E-state index in [1.807, 2.05) is 13.8 Å². The number of aliphatic carboxylic acids is 1. The number of carboxylic acids is 1. The summed E-state index contributed by atoms with van der Waals surface area (Å²) < 4.78 is 0. The van der Waals surface area contributed by atoms with Crippen LogP contribution in [0.25, 0.3) is 0 Å². The number of amides is 3. The molecule has 32 heavy (non-hydrogen) atoms. The second-order valence-electron chi connectivity index (χ2n) is 8.52. The Balaban J connectivity index is 3.01. The zero-order valence-electron chi connectivity index (χ0n) is 19.0. The van der Waals surface area contributed by atoms with Crippen molar-refractivity contribution in [2.75, 3.05) is 13.1 Å². The van der Waals surface area contributed by atoms with Gasteiger partial charge in [0, 0.05) is 13.1 Å². The molecule has 1 fully saturated rings. The smallest absolute Gasteiger partial charge is 0.326 e. The van der Waals surface area contributed by atoms with Gasteiger partial charge in [0.05, 0.1) is 6.04 Å². The molecule has 0 aliphatic carbocycles. The van der Waals surface area contributed by atoms with Crippen LogP contribution < -0.4 is 27.8 Å². The molecule has 12 nitrogen and oxygen atoms in total. The third-order valence-electron chi connectivity index (χ3n) is 5.13. The molecule has 9 N–H and O–H groups in total. The zero-order valence-corrected chi connectivity index (χ0v) is 19.0. The first-order valence-electron chi connectivity index (χ1n) is 10.9. The minimum Gasteiger partial charge on any atom is -0.480 e. The summed E-state index contributed by atoms with van der Waals surface area (Å²) in [5, 5.41) is 14.7. The van der Waals surface area contributed by atoms with E-state index in [1.165, 1.54) is 11.8 Å². The SMILES string of the molecule is CC(C)CC(NC(=O)C(C)N)C(=O)NC(CCCN=C(N)N)C(=O)N1CCCC1C(=O)O. The first-order chi connectivity index (χ1) is 14.9. The van der Waals surface area contributed by atoms with Crippen molar-refractivity contribution in [1.29, 1.82) is 0 Å². The summed E-state index contributed by atoms with van der Waals surface area (Å²) in [5.74, 6) is -2.56. The number of nitrogens with zero attached hydrogens (tertiary/aromatic N) is 2. The number of nitrogens with two attached hydrogens (primary N) is 3. The molecule has 3 amide bonds. The van der Waals surface area contributed by atoms with Crippen molar-refractivity contribution in [3.05, 3.63) is 0 Å². The highest BCUT2D eigenvalue weighted by Crippen LogP contribution is 2.20. The van der Waals surface area contributed by atoms with Gasteiger partial charge in [-0.2, -0.15) is 0 Å². The van der Waals surface area contributed by atoms with Crippen molar-refractivity contribution >= 4 is 29.7 Å². The van der Waals surface area contributed by atoms with Gasteiger partial charge in [-0.1, -0.05) is 13.8 Å². The molecular weight excluding hydrogens is 418 g/mol. The van der Waals surface area contributed by atoms with Gasteiger partial charge in [0.15, 0.2) is 5.96 Å². The Morgan fingerprint density at radius 3 is 2.25 bits per heavy atom. The predicted octanol–water partition coefficient (Wildman–Crippen LogP) is -1.52. The molecule has 1 rings (SSSR count). The topological polar surface area (TPSA) is 206 Å². The average molecular weight is 456 g/mol. The average Bonchev–Trinajstić information content (AvgIpc) is 3.18. The number of nitrogens with one attached hydrogen (secondary N) is 2. The Kier molecular flexibility index (Phi) is 10.9. The van der Waals surface area contributed by atoms with E-state index >= 15 is 0 Å². The monoisotopic (exact) mass is 455 g/mol. The summed E-state index contributed by atoms with van der Waals surface area (Å²) in [6.45, 7) is 5.86. The summed E-state index contributed by atoms with van der Waals surface area (Å²) in [4.78, 5) is 54.9. The Morgan fingerprint density at radius 2 is 1.72 bits per heavy atom. The van der Waals surface area contributed by atoms with Gasteiger partial charge >= 0.3 is 5.97 Å². The van der Waals surface area contributed by atoms with Crippen LogP contribution in [-0.2, 0) is 19.2 Å². The van der Waals surface area contributed by atoms with Gasteiger partial charge in [-0.05, 0) is 44.9 Å². The summed E-state index contributed by atoms with van der Waals surface area (Å²) in [6, 6.07) is -3.58. The van der Waals surface area contributed by atoms with Crippen LogP contribution in [0.15, 0.2) is 4.99 Å². The maximum atomic E-state index is 13.2. The molecule has 1 aliphatic heterocycles. The maximum absolute atomic E-state index is 13.2. The van der Waals surface area contributed by atoms with Crippen molar-refractivity contribution in [3.8, 4) is 0 Å². The number of hydrogen-bond acceptors (Lipinski definition) is 6. The lowest BCUT2D eigenvalue weighted by Crippen LogP contribution is -2.57. The Hall–Kier alpha value is -2.89. The molecule has 0 aromatic heterocycles. The van der Waals surface area contributed by atoms with Crippen LogP contribution in [-0.4, -0.2) is 76.9 Å². The molecule has 4 atom stereocenters. The van der Waals surface area contributed by atoms with E-state index in [-0.39, 0.29) is 24.8 Å². The van der Waals surface area contributed by atoms with Crippen LogP contribution in [0.3, 0.4) is 0 Å². The number of hydrogen-bond donors (Lipinski definition) is 6. The fraction of sp³-hybridized carbons (Fsp3) is 0.750. The summed E-state index contributed by atoms with van der Waals surface area (Å²) in [7, 11) is 0. The van der Waals surface area contributed by atoms with Crippen LogP contribution in [0.1, 0.15) is 52.9 Å². The molecule has 0 radical (unpaired) electrons. The van der Waals surface area contributed by atoms with E-state index < -0.39 is 47.9 Å². The van der Waals surface area contributed by atoms with Gasteiger partial charge in [-0.25, -0.2) is 4.79 Å². The molecule has 0 aromatic rings. The van der Waals surface area contributed by atoms with E-state index in [9.17, 15) is 24.3 Å². The molecule has 0 spiro atoms. The largest absolute Gasteiger partial charge is 0.480 e. The van der Waals surface area contributed by atoms with Gasteiger partial charge < -0.3 is 37.8 Å². The molecule has 182 valence electrons. The highest BCUT2D eigenvalue weighted by atomic mass is 16.4. The van der Waals surface area contributed by atoms with Crippen molar-refractivity contribution in [1.82, 2.24) is 15.5 Å². The first-order valence-corrected chi connectivity index (χ1v) is 10.9. The standard InChI is InChI=1S/C20H37N7O5/c1-11(2)10-14(26-16(28)12(3)21)17(29)25-13(6-4-8-24-20(22)23)18(30)27-9-5-7-15(27)19(31)32/h11-15H,4-10,21H2,1-3H3,(H,25,29)(H,26,28)(H,31,32)(H4,22,23,24). The van der Waals surface area contributed by atoms with Gasteiger partial charge in [0.2, 0.25) is 17.7 Å². The highest BCUT2D eigenvalue weighted by molar-refractivity contribution is 5.94. The normalized spacial score (nSPS) is 18.5. The van der Waals surface area contributed by atoms with Gasteiger partial charge in [0.25, 0.3) is 0 Å². The lowest BCUT2D eigenvalue weighted by atomic mass is 10.0. The van der Waals surface area contributed by atoms with Crippen LogP contribution in [0.5, 0.6) is 0 Å². The molecule has 1 saturated heterocycles. The minimum atomic E-state index is -1.08. The highest BCUT2D eigenvalue weighted by Gasteiger charge is 2.38. The van der Waals surface area contributed by atoms with E-state index in [2.05, 4.69) is 15.6 Å². The molecule has 1 heterocycles. The van der Waals surface area contributed by atoms with E-state index in [0.29, 0.717) is 32.2 Å². The minimum absolute atomic E-state index is 0.0852. The van der Waals surface area contributed by atoms with Gasteiger partial charge in [0.1, 0.15) is 18.1 Å². The van der Waals surface area contributed by atoms with Gasteiger partial charge in [-0.3, -0.25) is 19.4 Å². The van der Waals surface area contributed by atoms with E-state index in [0.717, 1.165) is 0 Å². The van der Waals surface area contributed by atoms with Crippen LogP contribution in [0.2, 0.25) is 0 Å². The molecule has 0 saturated carbocycles. The van der Waals surface area contributed by atoms with Crippen LogP contribution in [0, 0.1) is 5.92 Å². The number of guanidine groups is 1. The number of rotatable bonds is 12. The number of carbonyl (C=O) groups is 4. The quantitative estimate of drug-likeness (QED) is 0.115. The Morgan fingerprint density at radius 1 is 1.09 bits per heavy atom. The third-order valence-corrected chi connectivity index (χ3v) is 5.13. The van der Waals surface area contributed by atoms with Crippen molar-refractivity contribution < 1.29 is 24.3 Å². The molecule has 4 unspecified atom stereocenters. The number of carbonyl (C=O) groups excluding carboxylic acids is 3. The molecule has 1 aliphatic rings. The molecular formula is C20H37N7O5. The summed E-state index contributed by atoms with van der Waals surface area (Å²) in [5.41, 5.74) is 16.3. The van der Waals surface area contributed by atoms with Crippen molar-refractivity contribution in [2.24, 2.45) is 28.1 Å². The maximum Gasteiger partial charge on any atom is 0.326 e. The molecule has 0 aromatic carbocycles. The summed E-state index contributed by atoms with van der Waals surface area (Å²) in [6.07, 6.45) is 1.87. The third kappa shape index (κ3) is 8.69. The fourth-order valence-corrected chi connectivity index (χ4v) is 3.53. The second kappa shape index (κ2) is 12.8. The lowest BCUT2D eigenvalue weighted by Gasteiger charge is -2.29. The fourth-order valence-electron chi connectivity index (χ4n) is 3.53. The first kappa shape index (κ1) is 27.1. The van der Waals surface area contributed by atoms with Crippen molar-refractivity contribution in [3.63, 3.8) is 0 Å². The van der Waals surface area contributed by atoms with Crippen molar-refractivity contribution in [2.45, 2.75) is 77.0 Å².